The molecule has 49 heavy (non-hydrogen) atoms. The smallest absolute Gasteiger partial charge is 0.0622 e. The minimum absolute atomic E-state index is 0.359. The number of fused-ring (bicyclic) bond motifs is 10. The first kappa shape index (κ1) is 27.8. The Morgan fingerprint density at radius 3 is 1.02 bits per heavy atom. The van der Waals surface area contributed by atoms with Crippen molar-refractivity contribution in [2.45, 2.75) is 5.41 Å². The molecule has 228 valence electrons. The maximum absolute atomic E-state index is 2.49. The van der Waals surface area contributed by atoms with Crippen LogP contribution in [0.2, 0.25) is 0 Å². The van der Waals surface area contributed by atoms with Crippen LogP contribution < -0.4 is 0 Å². The third-order valence-electron chi connectivity index (χ3n) is 10.7. The molecule has 0 N–H and O–H groups in total. The van der Waals surface area contributed by atoms with Crippen LogP contribution >= 0.6 is 0 Å². The molecule has 2 aliphatic rings. The highest BCUT2D eigenvalue weighted by Crippen LogP contribution is 2.63. The SMILES string of the molecule is c1ccc(-c2ccc(-c3cc(-c4ccccc4)cc(-c4ccc5c(c4)C4(c6ccccc6-c6ccccc64)c4ccccc4-5)c3)cc2)cc1. The third kappa shape index (κ3) is 4.17. The van der Waals surface area contributed by atoms with Gasteiger partial charge in [0.25, 0.3) is 0 Å². The van der Waals surface area contributed by atoms with E-state index in [2.05, 4.69) is 194 Å². The van der Waals surface area contributed by atoms with Crippen LogP contribution in [0.5, 0.6) is 0 Å². The molecule has 10 rings (SSSR count). The molecule has 0 nitrogen and oxygen atoms in total. The van der Waals surface area contributed by atoms with E-state index in [9.17, 15) is 0 Å². The van der Waals surface area contributed by atoms with Crippen LogP contribution in [0.15, 0.2) is 194 Å². The average molecular weight is 621 g/mol. The van der Waals surface area contributed by atoms with E-state index >= 15 is 0 Å². The quantitative estimate of drug-likeness (QED) is 0.184. The lowest BCUT2D eigenvalue weighted by Gasteiger charge is -2.30. The van der Waals surface area contributed by atoms with Crippen LogP contribution in [0.25, 0.3) is 66.8 Å². The van der Waals surface area contributed by atoms with E-state index in [1.807, 2.05) is 0 Å². The minimum atomic E-state index is -0.359. The Bertz CT molecular complexity index is 2460. The molecule has 0 saturated carbocycles. The van der Waals surface area contributed by atoms with Gasteiger partial charge in [-0.15, -0.1) is 0 Å². The van der Waals surface area contributed by atoms with Gasteiger partial charge in [-0.2, -0.15) is 0 Å². The molecule has 8 aromatic carbocycles. The summed E-state index contributed by atoms with van der Waals surface area (Å²) in [6, 6.07) is 71.7. The molecule has 8 aromatic rings. The number of hydrogen-bond acceptors (Lipinski definition) is 0. The second-order valence-electron chi connectivity index (χ2n) is 13.3. The molecular formula is C49H32. The van der Waals surface area contributed by atoms with E-state index in [1.165, 1.54) is 89.0 Å². The summed E-state index contributed by atoms with van der Waals surface area (Å²) in [7, 11) is 0. The lowest BCUT2D eigenvalue weighted by atomic mass is 9.70. The van der Waals surface area contributed by atoms with Crippen LogP contribution in [-0.4, -0.2) is 0 Å². The van der Waals surface area contributed by atoms with Gasteiger partial charge < -0.3 is 0 Å². The molecule has 0 fully saturated rings. The van der Waals surface area contributed by atoms with Crippen molar-refractivity contribution < 1.29 is 0 Å². The van der Waals surface area contributed by atoms with Crippen LogP contribution in [-0.2, 0) is 5.41 Å². The van der Waals surface area contributed by atoms with Crippen LogP contribution in [0.4, 0.5) is 0 Å². The van der Waals surface area contributed by atoms with Crippen molar-refractivity contribution >= 4 is 0 Å². The fraction of sp³-hybridized carbons (Fsp3) is 0.0204. The van der Waals surface area contributed by atoms with Gasteiger partial charge in [-0.3, -0.25) is 0 Å². The summed E-state index contributed by atoms with van der Waals surface area (Å²) < 4.78 is 0. The molecule has 0 saturated heterocycles. The Balaban J connectivity index is 1.18. The molecule has 0 unspecified atom stereocenters. The Labute approximate surface area is 287 Å². The zero-order chi connectivity index (χ0) is 32.4. The van der Waals surface area contributed by atoms with Crippen molar-refractivity contribution in [3.8, 4) is 66.8 Å². The Hall–Kier alpha value is -6.24. The molecule has 0 bridgehead atoms. The number of rotatable bonds is 4. The molecule has 0 amide bonds. The maximum Gasteiger partial charge on any atom is 0.0725 e. The van der Waals surface area contributed by atoms with Crippen LogP contribution in [0.3, 0.4) is 0 Å². The van der Waals surface area contributed by atoms with Crippen molar-refractivity contribution in [2.24, 2.45) is 0 Å². The lowest BCUT2D eigenvalue weighted by molar-refractivity contribution is 0.794. The van der Waals surface area contributed by atoms with Gasteiger partial charge in [-0.1, -0.05) is 170 Å². The minimum Gasteiger partial charge on any atom is -0.0622 e. The second kappa shape index (κ2) is 10.9. The fourth-order valence-electron chi connectivity index (χ4n) is 8.52. The van der Waals surface area contributed by atoms with E-state index in [-0.39, 0.29) is 5.41 Å². The highest BCUT2D eigenvalue weighted by atomic mass is 14.5. The first-order valence-corrected chi connectivity index (χ1v) is 17.1. The summed E-state index contributed by atoms with van der Waals surface area (Å²) >= 11 is 0. The topological polar surface area (TPSA) is 0 Å². The van der Waals surface area contributed by atoms with Crippen LogP contribution in [0.1, 0.15) is 22.3 Å². The predicted octanol–water partition coefficient (Wildman–Crippen LogP) is 12.7. The Morgan fingerprint density at radius 1 is 0.204 bits per heavy atom. The average Bonchev–Trinajstić information content (AvgIpc) is 3.66. The first-order valence-electron chi connectivity index (χ1n) is 17.1. The molecule has 1 spiro atoms. The fourth-order valence-corrected chi connectivity index (χ4v) is 8.52. The monoisotopic (exact) mass is 620 g/mol. The van der Waals surface area contributed by atoms with Crippen molar-refractivity contribution in [3.63, 3.8) is 0 Å². The molecule has 2 aliphatic carbocycles. The largest absolute Gasteiger partial charge is 0.0725 e. The normalized spacial score (nSPS) is 13.1. The number of benzene rings is 8. The van der Waals surface area contributed by atoms with Crippen molar-refractivity contribution in [1.29, 1.82) is 0 Å². The van der Waals surface area contributed by atoms with E-state index in [0.717, 1.165) is 0 Å². The van der Waals surface area contributed by atoms with Crippen molar-refractivity contribution in [1.82, 2.24) is 0 Å². The van der Waals surface area contributed by atoms with E-state index in [1.54, 1.807) is 0 Å². The van der Waals surface area contributed by atoms with Gasteiger partial charge in [0.05, 0.1) is 5.41 Å². The highest BCUT2D eigenvalue weighted by molar-refractivity contribution is 5.96. The molecule has 0 aromatic heterocycles. The number of hydrogen-bond donors (Lipinski definition) is 0. The molecule has 0 aliphatic heterocycles. The zero-order valence-corrected chi connectivity index (χ0v) is 27.0. The summed E-state index contributed by atoms with van der Waals surface area (Å²) in [5, 5.41) is 0. The van der Waals surface area contributed by atoms with Gasteiger partial charge >= 0.3 is 0 Å². The van der Waals surface area contributed by atoms with Crippen molar-refractivity contribution in [2.75, 3.05) is 0 Å². The van der Waals surface area contributed by atoms with E-state index in [4.69, 9.17) is 0 Å². The summed E-state index contributed by atoms with van der Waals surface area (Å²) in [5.41, 5.74) is 20.2. The molecule has 0 heteroatoms. The van der Waals surface area contributed by atoms with Gasteiger partial charge in [0, 0.05) is 0 Å². The summed E-state index contributed by atoms with van der Waals surface area (Å²) in [4.78, 5) is 0. The standard InChI is InChI=1S/C49H32/c1-3-13-33(14-4-1)35-23-25-36(26-24-35)39-29-38(34-15-5-2-6-16-34)30-40(31-39)37-27-28-44-43-19-9-12-22-47(43)49(48(44)32-37)45-20-10-7-17-41(45)42-18-8-11-21-46(42)49/h1-32H. The van der Waals surface area contributed by atoms with Crippen molar-refractivity contribution in [3.05, 3.63) is 216 Å². The summed E-state index contributed by atoms with van der Waals surface area (Å²) in [6.07, 6.45) is 0. The zero-order valence-electron chi connectivity index (χ0n) is 27.0. The Morgan fingerprint density at radius 2 is 0.531 bits per heavy atom. The molecule has 0 heterocycles. The summed E-state index contributed by atoms with van der Waals surface area (Å²) in [6.45, 7) is 0. The predicted molar refractivity (Wildman–Crippen MR) is 204 cm³/mol. The van der Waals surface area contributed by atoms with Gasteiger partial charge in [0.15, 0.2) is 0 Å². The second-order valence-corrected chi connectivity index (χ2v) is 13.3. The highest BCUT2D eigenvalue weighted by Gasteiger charge is 2.51. The van der Waals surface area contributed by atoms with E-state index in [0.29, 0.717) is 0 Å². The molecule has 0 atom stereocenters. The van der Waals surface area contributed by atoms with Gasteiger partial charge in [0.2, 0.25) is 0 Å². The first-order chi connectivity index (χ1) is 24.3. The lowest BCUT2D eigenvalue weighted by Crippen LogP contribution is -2.25. The maximum atomic E-state index is 2.49. The molecule has 0 radical (unpaired) electrons. The van der Waals surface area contributed by atoms with Gasteiger partial charge in [-0.25, -0.2) is 0 Å². The third-order valence-corrected chi connectivity index (χ3v) is 10.7. The summed E-state index contributed by atoms with van der Waals surface area (Å²) in [5.74, 6) is 0. The van der Waals surface area contributed by atoms with Gasteiger partial charge in [-0.05, 0) is 113 Å². The van der Waals surface area contributed by atoms with E-state index < -0.39 is 0 Å². The van der Waals surface area contributed by atoms with Crippen LogP contribution in [0, 0.1) is 0 Å². The Kier molecular flexibility index (Phi) is 6.19. The molecular weight excluding hydrogens is 589 g/mol. The van der Waals surface area contributed by atoms with Gasteiger partial charge in [0.1, 0.15) is 0 Å².